The topological polar surface area (TPSA) is 46.0 Å². The molecule has 0 saturated carbocycles. The van der Waals surface area contributed by atoms with Crippen LogP contribution in [0.4, 0.5) is 0 Å². The van der Waals surface area contributed by atoms with Gasteiger partial charge in [0.15, 0.2) is 0 Å². The lowest BCUT2D eigenvalue weighted by atomic mass is 9.69. The van der Waals surface area contributed by atoms with Crippen LogP contribution in [0.15, 0.2) is 67.3 Å². The van der Waals surface area contributed by atoms with Crippen molar-refractivity contribution in [2.45, 2.75) is 26.4 Å². The number of benzene rings is 2. The van der Waals surface area contributed by atoms with Gasteiger partial charge in [0.25, 0.3) is 0 Å². The lowest BCUT2D eigenvalue weighted by molar-refractivity contribution is -0.0264. The molecule has 3 aromatic rings. The molecule has 0 aliphatic carbocycles. The first-order valence-corrected chi connectivity index (χ1v) is 8.55. The van der Waals surface area contributed by atoms with E-state index in [4.69, 9.17) is 11.6 Å². The standard InChI is InChI=1S/C21H21ClN2O/c1-20(2,3)21(25,17-12-23-14-24-13-17)18-10-9-16(11-19(18)22)15-7-5-4-6-8-15/h4-14,25H,1-3H3. The molecule has 1 unspecified atom stereocenters. The molecular weight excluding hydrogens is 332 g/mol. The summed E-state index contributed by atoms with van der Waals surface area (Å²) in [6, 6.07) is 15.8. The molecule has 0 aliphatic rings. The molecule has 0 radical (unpaired) electrons. The van der Waals surface area contributed by atoms with Crippen molar-refractivity contribution in [1.29, 1.82) is 0 Å². The zero-order valence-corrected chi connectivity index (χ0v) is 15.3. The first-order valence-electron chi connectivity index (χ1n) is 8.17. The van der Waals surface area contributed by atoms with Gasteiger partial charge in [0.1, 0.15) is 11.9 Å². The van der Waals surface area contributed by atoms with Gasteiger partial charge in [0.2, 0.25) is 0 Å². The zero-order valence-electron chi connectivity index (χ0n) is 14.6. The molecule has 0 spiro atoms. The lowest BCUT2D eigenvalue weighted by Crippen LogP contribution is -2.41. The van der Waals surface area contributed by atoms with Crippen molar-refractivity contribution in [3.05, 3.63) is 83.4 Å². The van der Waals surface area contributed by atoms with Crippen molar-refractivity contribution in [3.63, 3.8) is 0 Å². The highest BCUT2D eigenvalue weighted by atomic mass is 35.5. The van der Waals surface area contributed by atoms with Crippen LogP contribution in [0.5, 0.6) is 0 Å². The van der Waals surface area contributed by atoms with E-state index in [-0.39, 0.29) is 0 Å². The molecule has 1 aromatic heterocycles. The maximum Gasteiger partial charge on any atom is 0.124 e. The predicted molar refractivity (Wildman–Crippen MR) is 101 cm³/mol. The smallest absolute Gasteiger partial charge is 0.124 e. The Kier molecular flexibility index (Phi) is 4.63. The fourth-order valence-corrected chi connectivity index (χ4v) is 3.41. The molecule has 3 nitrogen and oxygen atoms in total. The quantitative estimate of drug-likeness (QED) is 0.715. The van der Waals surface area contributed by atoms with E-state index in [0.717, 1.165) is 11.1 Å². The fourth-order valence-electron chi connectivity index (χ4n) is 3.10. The Balaban J connectivity index is 2.15. The Hall–Kier alpha value is -2.23. The molecule has 0 fully saturated rings. The minimum Gasteiger partial charge on any atom is -0.380 e. The van der Waals surface area contributed by atoms with Crippen LogP contribution in [-0.4, -0.2) is 15.1 Å². The van der Waals surface area contributed by atoms with Gasteiger partial charge >= 0.3 is 0 Å². The molecule has 0 aliphatic heterocycles. The summed E-state index contributed by atoms with van der Waals surface area (Å²) in [4.78, 5) is 8.14. The van der Waals surface area contributed by atoms with Gasteiger partial charge in [0.05, 0.1) is 0 Å². The van der Waals surface area contributed by atoms with Gasteiger partial charge in [-0.2, -0.15) is 0 Å². The second-order valence-electron chi connectivity index (χ2n) is 7.15. The monoisotopic (exact) mass is 352 g/mol. The minimum absolute atomic E-state index is 0.504. The van der Waals surface area contributed by atoms with Crippen LogP contribution in [0, 0.1) is 5.41 Å². The molecule has 1 atom stereocenters. The highest BCUT2D eigenvalue weighted by Gasteiger charge is 2.45. The van der Waals surface area contributed by atoms with Crippen molar-refractivity contribution in [2.24, 2.45) is 5.41 Å². The largest absolute Gasteiger partial charge is 0.380 e. The molecule has 0 bridgehead atoms. The highest BCUT2D eigenvalue weighted by molar-refractivity contribution is 6.31. The van der Waals surface area contributed by atoms with E-state index in [1.54, 1.807) is 12.4 Å². The normalized spacial score (nSPS) is 14.1. The van der Waals surface area contributed by atoms with E-state index < -0.39 is 11.0 Å². The molecule has 0 saturated heterocycles. The van der Waals surface area contributed by atoms with Gasteiger partial charge in [-0.1, -0.05) is 74.8 Å². The number of hydrogen-bond acceptors (Lipinski definition) is 3. The summed E-state index contributed by atoms with van der Waals surface area (Å²) in [6.07, 6.45) is 4.73. The highest BCUT2D eigenvalue weighted by Crippen LogP contribution is 2.47. The molecule has 4 heteroatoms. The number of nitrogens with zero attached hydrogens (tertiary/aromatic N) is 2. The summed E-state index contributed by atoms with van der Waals surface area (Å²) in [6.45, 7) is 5.92. The van der Waals surface area contributed by atoms with Crippen LogP contribution < -0.4 is 0 Å². The van der Waals surface area contributed by atoms with Gasteiger partial charge < -0.3 is 5.11 Å². The van der Waals surface area contributed by atoms with E-state index in [0.29, 0.717) is 16.1 Å². The summed E-state index contributed by atoms with van der Waals surface area (Å²) in [7, 11) is 0. The van der Waals surface area contributed by atoms with Gasteiger partial charge in [-0.3, -0.25) is 0 Å². The molecule has 3 rings (SSSR count). The SMILES string of the molecule is CC(C)(C)C(O)(c1cncnc1)c1ccc(-c2ccccc2)cc1Cl. The van der Waals surface area contributed by atoms with Crippen LogP contribution >= 0.6 is 11.6 Å². The Labute approximate surface area is 153 Å². The second kappa shape index (κ2) is 6.58. The maximum absolute atomic E-state index is 11.7. The second-order valence-corrected chi connectivity index (χ2v) is 7.56. The van der Waals surface area contributed by atoms with Gasteiger partial charge in [-0.15, -0.1) is 0 Å². The van der Waals surface area contributed by atoms with Gasteiger partial charge in [-0.05, 0) is 22.6 Å². The van der Waals surface area contributed by atoms with Crippen LogP contribution in [0.3, 0.4) is 0 Å². The average Bonchev–Trinajstić information content (AvgIpc) is 2.61. The molecule has 1 heterocycles. The number of aliphatic hydroxyl groups is 1. The fraction of sp³-hybridized carbons (Fsp3) is 0.238. The third kappa shape index (κ3) is 3.17. The van der Waals surface area contributed by atoms with Crippen molar-refractivity contribution in [1.82, 2.24) is 9.97 Å². The van der Waals surface area contributed by atoms with Gasteiger partial charge in [0, 0.05) is 28.5 Å². The average molecular weight is 353 g/mol. The predicted octanol–water partition coefficient (Wildman–Crippen LogP) is 5.08. The van der Waals surface area contributed by atoms with Crippen LogP contribution in [0.25, 0.3) is 11.1 Å². The van der Waals surface area contributed by atoms with Crippen LogP contribution in [0.1, 0.15) is 31.9 Å². The van der Waals surface area contributed by atoms with E-state index in [2.05, 4.69) is 9.97 Å². The summed E-state index contributed by atoms with van der Waals surface area (Å²) >= 11 is 6.62. The van der Waals surface area contributed by atoms with Crippen molar-refractivity contribution < 1.29 is 5.11 Å². The lowest BCUT2D eigenvalue weighted by Gasteiger charge is -2.41. The Morgan fingerprint density at radius 3 is 2.08 bits per heavy atom. The molecular formula is C21H21ClN2O. The minimum atomic E-state index is -1.30. The molecule has 128 valence electrons. The van der Waals surface area contributed by atoms with E-state index >= 15 is 0 Å². The Morgan fingerprint density at radius 1 is 0.880 bits per heavy atom. The first-order chi connectivity index (χ1) is 11.8. The molecule has 2 aromatic carbocycles. The van der Waals surface area contributed by atoms with Crippen molar-refractivity contribution in [2.75, 3.05) is 0 Å². The molecule has 25 heavy (non-hydrogen) atoms. The van der Waals surface area contributed by atoms with Crippen molar-refractivity contribution >= 4 is 11.6 Å². The number of rotatable bonds is 3. The van der Waals surface area contributed by atoms with Crippen LogP contribution in [-0.2, 0) is 5.60 Å². The summed E-state index contributed by atoms with van der Waals surface area (Å²) in [5.41, 5.74) is 1.55. The molecule has 0 amide bonds. The number of halogens is 1. The van der Waals surface area contributed by atoms with Crippen LogP contribution in [0.2, 0.25) is 5.02 Å². The van der Waals surface area contributed by atoms with E-state index in [1.807, 2.05) is 69.3 Å². The maximum atomic E-state index is 11.7. The Morgan fingerprint density at radius 2 is 1.52 bits per heavy atom. The summed E-state index contributed by atoms with van der Waals surface area (Å²) in [5.74, 6) is 0. The third-order valence-corrected chi connectivity index (χ3v) is 4.84. The third-order valence-electron chi connectivity index (χ3n) is 4.53. The van der Waals surface area contributed by atoms with E-state index in [1.165, 1.54) is 6.33 Å². The first kappa shape index (κ1) is 17.6. The summed E-state index contributed by atoms with van der Waals surface area (Å²) in [5, 5.41) is 12.2. The number of hydrogen-bond donors (Lipinski definition) is 1. The van der Waals surface area contributed by atoms with Crippen molar-refractivity contribution in [3.8, 4) is 11.1 Å². The van der Waals surface area contributed by atoms with Gasteiger partial charge in [-0.25, -0.2) is 9.97 Å². The molecule has 1 N–H and O–H groups in total. The zero-order chi connectivity index (χ0) is 18.1. The Bertz CT molecular complexity index is 860. The summed E-state index contributed by atoms with van der Waals surface area (Å²) < 4.78 is 0. The number of aromatic nitrogens is 2. The van der Waals surface area contributed by atoms with E-state index in [9.17, 15) is 5.11 Å².